The van der Waals surface area contributed by atoms with Gasteiger partial charge in [-0.25, -0.2) is 13.2 Å². The molecule has 0 aliphatic rings. The topological polar surface area (TPSA) is 20.2 Å². The van der Waals surface area contributed by atoms with E-state index in [4.69, 9.17) is 5.11 Å². The first-order valence-electron chi connectivity index (χ1n) is 8.27. The van der Waals surface area contributed by atoms with E-state index in [2.05, 4.69) is 11.8 Å². The van der Waals surface area contributed by atoms with Crippen molar-refractivity contribution in [3.8, 4) is 28.7 Å². The quantitative estimate of drug-likeness (QED) is 0.381. The first-order valence-corrected chi connectivity index (χ1v) is 8.27. The molecular weight excluding hydrogens is 356 g/mol. The van der Waals surface area contributed by atoms with Crippen LogP contribution in [0.2, 0.25) is 0 Å². The summed E-state index contributed by atoms with van der Waals surface area (Å²) in [7, 11) is 0. The number of hydrogen-bond donors (Lipinski definition) is 1. The Balaban J connectivity index is 2.48. The lowest BCUT2D eigenvalue weighted by Crippen LogP contribution is -1.97. The molecular formula is C22H18F4O. The summed E-state index contributed by atoms with van der Waals surface area (Å²) in [6.45, 7) is 5.74. The van der Waals surface area contributed by atoms with Crippen molar-refractivity contribution in [2.24, 2.45) is 0 Å². The predicted molar refractivity (Wildman–Crippen MR) is 98.1 cm³/mol. The van der Waals surface area contributed by atoms with Gasteiger partial charge in [0.25, 0.3) is 0 Å². The van der Waals surface area contributed by atoms with Gasteiger partial charge in [0.1, 0.15) is 0 Å². The molecule has 0 atom stereocenters. The fourth-order valence-corrected chi connectivity index (χ4v) is 2.26. The van der Waals surface area contributed by atoms with Crippen LogP contribution < -0.4 is 0 Å². The highest BCUT2D eigenvalue weighted by Crippen LogP contribution is 2.32. The zero-order valence-corrected chi connectivity index (χ0v) is 15.1. The molecule has 140 valence electrons. The Morgan fingerprint density at radius 1 is 0.889 bits per heavy atom. The molecule has 2 rings (SSSR count). The highest BCUT2D eigenvalue weighted by atomic mass is 19.2. The van der Waals surface area contributed by atoms with Crippen LogP contribution in [0.4, 0.5) is 17.6 Å². The normalized spacial score (nSPS) is 11.0. The van der Waals surface area contributed by atoms with Crippen LogP contribution in [0, 0.1) is 35.1 Å². The van der Waals surface area contributed by atoms with Gasteiger partial charge in [0.15, 0.2) is 23.2 Å². The van der Waals surface area contributed by atoms with Gasteiger partial charge in [-0.2, -0.15) is 4.39 Å². The molecule has 0 heterocycles. The first kappa shape index (κ1) is 20.3. The molecule has 5 heteroatoms. The Kier molecular flexibility index (Phi) is 6.46. The molecule has 27 heavy (non-hydrogen) atoms. The lowest BCUT2D eigenvalue weighted by molar-refractivity contribution is 0.407. The molecule has 1 N–H and O–H groups in total. The fourth-order valence-electron chi connectivity index (χ4n) is 2.26. The van der Waals surface area contributed by atoms with E-state index < -0.39 is 40.1 Å². The van der Waals surface area contributed by atoms with Crippen LogP contribution in [0.5, 0.6) is 5.75 Å². The Labute approximate surface area is 155 Å². The maximum atomic E-state index is 14.4. The van der Waals surface area contributed by atoms with Crippen molar-refractivity contribution in [2.45, 2.75) is 27.2 Å². The van der Waals surface area contributed by atoms with Crippen LogP contribution >= 0.6 is 0 Å². The zero-order valence-electron chi connectivity index (χ0n) is 15.1. The van der Waals surface area contributed by atoms with Crippen LogP contribution in [-0.2, 0) is 0 Å². The van der Waals surface area contributed by atoms with Gasteiger partial charge >= 0.3 is 0 Å². The number of phenols is 1. The van der Waals surface area contributed by atoms with Gasteiger partial charge in [-0.15, -0.1) is 0 Å². The van der Waals surface area contributed by atoms with Gasteiger partial charge in [-0.1, -0.05) is 36.5 Å². The molecule has 0 fully saturated rings. The van der Waals surface area contributed by atoms with E-state index in [1.165, 1.54) is 6.07 Å². The van der Waals surface area contributed by atoms with Crippen LogP contribution in [0.3, 0.4) is 0 Å². The van der Waals surface area contributed by atoms with E-state index in [0.29, 0.717) is 6.42 Å². The highest BCUT2D eigenvalue weighted by molar-refractivity contribution is 5.67. The van der Waals surface area contributed by atoms with Crippen molar-refractivity contribution in [2.75, 3.05) is 0 Å². The Morgan fingerprint density at radius 3 is 2.07 bits per heavy atom. The predicted octanol–water partition coefficient (Wildman–Crippen LogP) is 6.27. The maximum absolute atomic E-state index is 14.4. The standard InChI is InChI=1S/C22H18F4O/c1-4-14(6-5-13(2)3)7-8-15-9-10-16(20(24)19(15)23)17-11-12-18(27)22(26)21(17)25/h5-6,9-12,27H,4H2,1-3H3/b14-6+. The number of aromatic hydroxyl groups is 1. The molecule has 0 aromatic heterocycles. The minimum Gasteiger partial charge on any atom is -0.505 e. The van der Waals surface area contributed by atoms with Gasteiger partial charge in [-0.3, -0.25) is 0 Å². The summed E-state index contributed by atoms with van der Waals surface area (Å²) in [5, 5.41) is 9.15. The van der Waals surface area contributed by atoms with Gasteiger partial charge in [-0.05, 0) is 44.5 Å². The number of phenolic OH excluding ortho intramolecular Hbond substituents is 1. The third-order valence-corrected chi connectivity index (χ3v) is 3.79. The van der Waals surface area contributed by atoms with Crippen molar-refractivity contribution in [3.63, 3.8) is 0 Å². The van der Waals surface area contributed by atoms with E-state index in [9.17, 15) is 17.6 Å². The molecule has 0 aliphatic heterocycles. The monoisotopic (exact) mass is 374 g/mol. The number of allylic oxidation sites excluding steroid dienone is 4. The molecule has 2 aromatic rings. The largest absolute Gasteiger partial charge is 0.505 e. The smallest absolute Gasteiger partial charge is 0.200 e. The average Bonchev–Trinajstić information content (AvgIpc) is 2.64. The molecule has 0 amide bonds. The van der Waals surface area contributed by atoms with E-state index in [-0.39, 0.29) is 5.56 Å². The Bertz CT molecular complexity index is 988. The van der Waals surface area contributed by atoms with Crippen LogP contribution in [-0.4, -0.2) is 5.11 Å². The third kappa shape index (κ3) is 4.59. The summed E-state index contributed by atoms with van der Waals surface area (Å²) < 4.78 is 56.2. The number of halogens is 4. The summed E-state index contributed by atoms with van der Waals surface area (Å²) in [6.07, 6.45) is 4.30. The fraction of sp³-hybridized carbons (Fsp3) is 0.182. The van der Waals surface area contributed by atoms with E-state index in [1.54, 1.807) is 6.08 Å². The summed E-state index contributed by atoms with van der Waals surface area (Å²) in [6, 6.07) is 4.19. The van der Waals surface area contributed by atoms with E-state index in [1.807, 2.05) is 26.8 Å². The molecule has 0 radical (unpaired) electrons. The molecule has 2 aromatic carbocycles. The zero-order chi connectivity index (χ0) is 20.1. The van der Waals surface area contributed by atoms with Crippen molar-refractivity contribution in [1.29, 1.82) is 0 Å². The molecule has 0 bridgehead atoms. The molecule has 0 spiro atoms. The minimum atomic E-state index is -1.52. The third-order valence-electron chi connectivity index (χ3n) is 3.79. The number of rotatable bonds is 3. The molecule has 0 saturated carbocycles. The van der Waals surface area contributed by atoms with Gasteiger partial charge in [0.2, 0.25) is 5.82 Å². The SMILES string of the molecule is CC/C(C#Cc1ccc(-c2ccc(O)c(F)c2F)c(F)c1F)=C\C=C(C)C. The summed E-state index contributed by atoms with van der Waals surface area (Å²) in [5.41, 5.74) is 0.691. The second-order valence-corrected chi connectivity index (χ2v) is 6.09. The maximum Gasteiger partial charge on any atom is 0.200 e. The van der Waals surface area contributed by atoms with Crippen LogP contribution in [0.15, 0.2) is 47.6 Å². The second kappa shape index (κ2) is 8.59. The molecule has 0 unspecified atom stereocenters. The van der Waals surface area contributed by atoms with Crippen molar-refractivity contribution >= 4 is 0 Å². The Morgan fingerprint density at radius 2 is 1.48 bits per heavy atom. The van der Waals surface area contributed by atoms with Crippen LogP contribution in [0.1, 0.15) is 32.8 Å². The second-order valence-electron chi connectivity index (χ2n) is 6.09. The van der Waals surface area contributed by atoms with Crippen LogP contribution in [0.25, 0.3) is 11.1 Å². The van der Waals surface area contributed by atoms with Crippen molar-refractivity contribution < 1.29 is 22.7 Å². The van der Waals surface area contributed by atoms with Gasteiger partial charge in [0, 0.05) is 16.7 Å². The Hall–Kier alpha value is -3.00. The number of hydrogen-bond acceptors (Lipinski definition) is 1. The lowest BCUT2D eigenvalue weighted by Gasteiger charge is -2.08. The molecule has 0 aliphatic carbocycles. The van der Waals surface area contributed by atoms with Gasteiger partial charge in [0.05, 0.1) is 5.56 Å². The lowest BCUT2D eigenvalue weighted by atomic mass is 10.0. The first-order chi connectivity index (χ1) is 12.8. The summed E-state index contributed by atoms with van der Waals surface area (Å²) >= 11 is 0. The average molecular weight is 374 g/mol. The summed E-state index contributed by atoms with van der Waals surface area (Å²) in [5.74, 6) is -1.10. The molecule has 0 saturated heterocycles. The van der Waals surface area contributed by atoms with Gasteiger partial charge < -0.3 is 5.11 Å². The summed E-state index contributed by atoms with van der Waals surface area (Å²) in [4.78, 5) is 0. The van der Waals surface area contributed by atoms with Crippen molar-refractivity contribution in [1.82, 2.24) is 0 Å². The van der Waals surface area contributed by atoms with E-state index in [0.717, 1.165) is 29.3 Å². The molecule has 1 nitrogen and oxygen atoms in total. The van der Waals surface area contributed by atoms with Crippen molar-refractivity contribution in [3.05, 3.63) is 76.4 Å². The minimum absolute atomic E-state index is 0.188. The number of benzene rings is 2. The highest BCUT2D eigenvalue weighted by Gasteiger charge is 2.20. The van der Waals surface area contributed by atoms with E-state index >= 15 is 0 Å².